The van der Waals surface area contributed by atoms with E-state index in [9.17, 15) is 5.11 Å². The normalized spacial score (nSPS) is 21.6. The lowest BCUT2D eigenvalue weighted by atomic mass is 9.93. The van der Waals surface area contributed by atoms with Gasteiger partial charge in [0.25, 0.3) is 0 Å². The van der Waals surface area contributed by atoms with Gasteiger partial charge in [0.05, 0.1) is 6.10 Å². The van der Waals surface area contributed by atoms with E-state index in [-0.39, 0.29) is 12.5 Å². The highest BCUT2D eigenvalue weighted by atomic mass is 79.9. The lowest BCUT2D eigenvalue weighted by molar-refractivity contribution is 0.0981. The van der Waals surface area contributed by atoms with Crippen molar-refractivity contribution in [1.29, 1.82) is 0 Å². The summed E-state index contributed by atoms with van der Waals surface area (Å²) < 4.78 is 6.69. The third kappa shape index (κ3) is 3.80. The van der Waals surface area contributed by atoms with Gasteiger partial charge in [0.2, 0.25) is 0 Å². The van der Waals surface area contributed by atoms with Gasteiger partial charge in [0, 0.05) is 23.6 Å². The summed E-state index contributed by atoms with van der Waals surface area (Å²) in [7, 11) is 0. The summed E-state index contributed by atoms with van der Waals surface area (Å²) in [4.78, 5) is 0. The number of aliphatic hydroxyl groups is 1. The quantitative estimate of drug-likeness (QED) is 0.902. The monoisotopic (exact) mass is 298 g/mol. The molecule has 0 aromatic heterocycles. The van der Waals surface area contributed by atoms with Crippen LogP contribution >= 0.6 is 15.9 Å². The first-order valence-electron chi connectivity index (χ1n) is 6.27. The second-order valence-electron chi connectivity index (χ2n) is 4.64. The zero-order chi connectivity index (χ0) is 12.1. The molecule has 1 saturated heterocycles. The van der Waals surface area contributed by atoms with E-state index in [1.54, 1.807) is 0 Å². The number of hydrogen-bond donors (Lipinski definition) is 1. The van der Waals surface area contributed by atoms with Gasteiger partial charge in [-0.25, -0.2) is 0 Å². The molecule has 1 fully saturated rings. The largest absolute Gasteiger partial charge is 0.396 e. The second kappa shape index (κ2) is 6.53. The number of hydrogen-bond acceptors (Lipinski definition) is 2. The van der Waals surface area contributed by atoms with Crippen molar-refractivity contribution >= 4 is 15.9 Å². The number of halogens is 1. The van der Waals surface area contributed by atoms with Crippen LogP contribution < -0.4 is 0 Å². The van der Waals surface area contributed by atoms with E-state index >= 15 is 0 Å². The highest BCUT2D eigenvalue weighted by molar-refractivity contribution is 9.10. The maximum Gasteiger partial charge on any atom is 0.0576 e. The standard InChI is InChI=1S/C14H19BrO2/c15-13-6-3-11(4-7-13)12(10-16)5-8-14-2-1-9-17-14/h3-4,6-7,12,14,16H,1-2,5,8-10H2. The van der Waals surface area contributed by atoms with Crippen LogP contribution in [0.25, 0.3) is 0 Å². The van der Waals surface area contributed by atoms with Gasteiger partial charge in [-0.3, -0.25) is 0 Å². The molecule has 0 amide bonds. The lowest BCUT2D eigenvalue weighted by Crippen LogP contribution is -2.10. The Morgan fingerprint density at radius 1 is 1.35 bits per heavy atom. The van der Waals surface area contributed by atoms with Gasteiger partial charge < -0.3 is 9.84 Å². The summed E-state index contributed by atoms with van der Waals surface area (Å²) in [5, 5.41) is 9.47. The average Bonchev–Trinajstić information content (AvgIpc) is 2.85. The van der Waals surface area contributed by atoms with Crippen LogP contribution in [0, 0.1) is 0 Å². The molecule has 17 heavy (non-hydrogen) atoms. The van der Waals surface area contributed by atoms with Crippen LogP contribution in [-0.2, 0) is 4.74 Å². The number of aliphatic hydroxyl groups excluding tert-OH is 1. The van der Waals surface area contributed by atoms with Gasteiger partial charge in [-0.2, -0.15) is 0 Å². The Morgan fingerprint density at radius 2 is 2.12 bits per heavy atom. The Kier molecular flexibility index (Phi) is 5.01. The molecule has 0 saturated carbocycles. The topological polar surface area (TPSA) is 29.5 Å². The Labute approximate surface area is 111 Å². The molecule has 1 aromatic rings. The third-order valence-electron chi connectivity index (χ3n) is 3.42. The van der Waals surface area contributed by atoms with Gasteiger partial charge in [0.15, 0.2) is 0 Å². The fourth-order valence-electron chi connectivity index (χ4n) is 2.36. The molecule has 2 nitrogen and oxygen atoms in total. The minimum absolute atomic E-state index is 0.217. The number of ether oxygens (including phenoxy) is 1. The van der Waals surface area contributed by atoms with E-state index in [0.29, 0.717) is 6.10 Å². The number of rotatable bonds is 5. The van der Waals surface area contributed by atoms with Gasteiger partial charge >= 0.3 is 0 Å². The SMILES string of the molecule is OCC(CCC1CCCO1)c1ccc(Br)cc1. The zero-order valence-electron chi connectivity index (χ0n) is 9.94. The second-order valence-corrected chi connectivity index (χ2v) is 5.56. The van der Waals surface area contributed by atoms with Crippen LogP contribution in [0.3, 0.4) is 0 Å². The molecule has 1 aliphatic heterocycles. The van der Waals surface area contributed by atoms with Gasteiger partial charge in [0.1, 0.15) is 0 Å². The van der Waals surface area contributed by atoms with E-state index < -0.39 is 0 Å². The van der Waals surface area contributed by atoms with Crippen LogP contribution in [0.2, 0.25) is 0 Å². The van der Waals surface area contributed by atoms with Crippen molar-refractivity contribution in [3.63, 3.8) is 0 Å². The van der Waals surface area contributed by atoms with Gasteiger partial charge in [-0.1, -0.05) is 28.1 Å². The zero-order valence-corrected chi connectivity index (χ0v) is 11.5. The number of benzene rings is 1. The van der Waals surface area contributed by atoms with E-state index in [2.05, 4.69) is 28.1 Å². The minimum atomic E-state index is 0.217. The van der Waals surface area contributed by atoms with Crippen molar-refractivity contribution in [2.45, 2.75) is 37.7 Å². The van der Waals surface area contributed by atoms with Crippen molar-refractivity contribution < 1.29 is 9.84 Å². The average molecular weight is 299 g/mol. The molecule has 1 heterocycles. The highest BCUT2D eigenvalue weighted by Crippen LogP contribution is 2.26. The Hall–Kier alpha value is -0.380. The van der Waals surface area contributed by atoms with Crippen molar-refractivity contribution in [3.05, 3.63) is 34.3 Å². The fraction of sp³-hybridized carbons (Fsp3) is 0.571. The molecule has 0 bridgehead atoms. The van der Waals surface area contributed by atoms with Gasteiger partial charge in [-0.05, 0) is 43.4 Å². The molecule has 3 heteroatoms. The van der Waals surface area contributed by atoms with Crippen molar-refractivity contribution in [2.75, 3.05) is 13.2 Å². The molecule has 1 aromatic carbocycles. The van der Waals surface area contributed by atoms with Crippen LogP contribution in [0.15, 0.2) is 28.7 Å². The van der Waals surface area contributed by atoms with Crippen LogP contribution in [0.5, 0.6) is 0 Å². The molecule has 1 N–H and O–H groups in total. The first-order valence-corrected chi connectivity index (χ1v) is 7.07. The maximum absolute atomic E-state index is 9.47. The summed E-state index contributed by atoms with van der Waals surface area (Å²) in [5.41, 5.74) is 1.22. The smallest absolute Gasteiger partial charge is 0.0576 e. The molecule has 0 radical (unpaired) electrons. The molecule has 0 aliphatic carbocycles. The Morgan fingerprint density at radius 3 is 2.71 bits per heavy atom. The predicted molar refractivity (Wildman–Crippen MR) is 72.2 cm³/mol. The molecule has 0 spiro atoms. The summed E-state index contributed by atoms with van der Waals surface area (Å²) in [6.07, 6.45) is 4.84. The van der Waals surface area contributed by atoms with Crippen molar-refractivity contribution in [3.8, 4) is 0 Å². The minimum Gasteiger partial charge on any atom is -0.396 e. The van der Waals surface area contributed by atoms with Crippen LogP contribution in [0.4, 0.5) is 0 Å². The van der Waals surface area contributed by atoms with Crippen molar-refractivity contribution in [1.82, 2.24) is 0 Å². The molecule has 2 unspecified atom stereocenters. The first-order chi connectivity index (χ1) is 8.29. The van der Waals surface area contributed by atoms with Crippen LogP contribution in [-0.4, -0.2) is 24.4 Å². The predicted octanol–water partition coefficient (Wildman–Crippen LogP) is 3.48. The Bertz CT molecular complexity index is 331. The van der Waals surface area contributed by atoms with E-state index in [1.807, 2.05) is 12.1 Å². The van der Waals surface area contributed by atoms with E-state index in [1.165, 1.54) is 18.4 Å². The molecular formula is C14H19BrO2. The first kappa shape index (κ1) is 13.1. The third-order valence-corrected chi connectivity index (χ3v) is 3.95. The summed E-state index contributed by atoms with van der Waals surface area (Å²) in [6.45, 7) is 1.13. The van der Waals surface area contributed by atoms with Gasteiger partial charge in [-0.15, -0.1) is 0 Å². The Balaban J connectivity index is 1.89. The molecule has 1 aliphatic rings. The van der Waals surface area contributed by atoms with Crippen molar-refractivity contribution in [2.24, 2.45) is 0 Å². The molecule has 94 valence electrons. The van der Waals surface area contributed by atoms with Crippen LogP contribution in [0.1, 0.15) is 37.2 Å². The lowest BCUT2D eigenvalue weighted by Gasteiger charge is -2.17. The molecule has 2 rings (SSSR count). The maximum atomic E-state index is 9.47. The molecular weight excluding hydrogens is 280 g/mol. The van der Waals surface area contributed by atoms with E-state index in [4.69, 9.17) is 4.74 Å². The summed E-state index contributed by atoms with van der Waals surface area (Å²) in [6, 6.07) is 8.23. The van der Waals surface area contributed by atoms with E-state index in [0.717, 1.165) is 23.9 Å². The summed E-state index contributed by atoms with van der Waals surface area (Å²) in [5.74, 6) is 0.243. The highest BCUT2D eigenvalue weighted by Gasteiger charge is 2.18. The summed E-state index contributed by atoms with van der Waals surface area (Å²) >= 11 is 3.43. The molecule has 2 atom stereocenters. The fourth-order valence-corrected chi connectivity index (χ4v) is 2.62.